The lowest BCUT2D eigenvalue weighted by Crippen LogP contribution is -1.97. The number of pyridine rings is 2. The van der Waals surface area contributed by atoms with Crippen LogP contribution in [0.4, 0.5) is 0 Å². The molecule has 0 aliphatic rings. The molecule has 3 heterocycles. The summed E-state index contributed by atoms with van der Waals surface area (Å²) >= 11 is 0. The van der Waals surface area contributed by atoms with Crippen molar-refractivity contribution in [2.75, 3.05) is 0 Å². The summed E-state index contributed by atoms with van der Waals surface area (Å²) in [5.41, 5.74) is 12.9. The Morgan fingerprint density at radius 2 is 0.679 bits per heavy atom. The Balaban J connectivity index is 1.18. The first-order chi connectivity index (χ1) is 27.7. The van der Waals surface area contributed by atoms with Crippen LogP contribution in [0.3, 0.4) is 0 Å². The van der Waals surface area contributed by atoms with Crippen molar-refractivity contribution in [3.05, 3.63) is 207 Å². The molecule has 0 saturated carbocycles. The van der Waals surface area contributed by atoms with E-state index in [2.05, 4.69) is 158 Å². The van der Waals surface area contributed by atoms with Gasteiger partial charge in [-0.3, -0.25) is 9.97 Å². The zero-order valence-electron chi connectivity index (χ0n) is 30.4. The third-order valence-corrected chi connectivity index (χ3v) is 10.4. The summed E-state index contributed by atoms with van der Waals surface area (Å²) in [4.78, 5) is 20.1. The smallest absolute Gasteiger partial charge is 0.160 e. The fraction of sp³-hybridized carbons (Fsp3) is 0. The third-order valence-electron chi connectivity index (χ3n) is 10.4. The first kappa shape index (κ1) is 33.0. The van der Waals surface area contributed by atoms with Crippen molar-refractivity contribution in [1.29, 1.82) is 0 Å². The van der Waals surface area contributed by atoms with Crippen LogP contribution in [-0.2, 0) is 0 Å². The second kappa shape index (κ2) is 14.3. The van der Waals surface area contributed by atoms with Gasteiger partial charge in [-0.05, 0) is 104 Å². The maximum absolute atomic E-state index is 5.34. The molecule has 0 N–H and O–H groups in total. The molecule has 0 atom stereocenters. The molecule has 0 radical (unpaired) electrons. The molecule has 10 rings (SSSR count). The van der Waals surface area contributed by atoms with Gasteiger partial charge < -0.3 is 0 Å². The molecule has 262 valence electrons. The SMILES string of the molecule is c1ccc(-c2cc(-c3ccccn3)cc(-c3cc(-c4cccc(-c5cccc6ccccc56)c4)nc(-c4cccc(-c5cccc6ccccc56)c4)n3)c2)nc1. The van der Waals surface area contributed by atoms with Gasteiger partial charge in [0.15, 0.2) is 5.82 Å². The van der Waals surface area contributed by atoms with Crippen LogP contribution in [-0.4, -0.2) is 19.9 Å². The van der Waals surface area contributed by atoms with E-state index in [4.69, 9.17) is 19.9 Å². The van der Waals surface area contributed by atoms with Crippen molar-refractivity contribution in [2.45, 2.75) is 0 Å². The average molecular weight is 715 g/mol. The minimum Gasteiger partial charge on any atom is -0.256 e. The molecule has 4 nitrogen and oxygen atoms in total. The molecule has 0 bridgehead atoms. The second-order valence-electron chi connectivity index (χ2n) is 13.9. The van der Waals surface area contributed by atoms with Crippen molar-refractivity contribution >= 4 is 21.5 Å². The van der Waals surface area contributed by atoms with Gasteiger partial charge in [-0.2, -0.15) is 0 Å². The number of hydrogen-bond acceptors (Lipinski definition) is 4. The molecule has 0 aliphatic carbocycles. The first-order valence-corrected chi connectivity index (χ1v) is 18.8. The van der Waals surface area contributed by atoms with E-state index in [1.165, 1.54) is 32.7 Å². The second-order valence-corrected chi connectivity index (χ2v) is 13.9. The first-order valence-electron chi connectivity index (χ1n) is 18.8. The van der Waals surface area contributed by atoms with E-state index in [1.807, 2.05) is 48.8 Å². The lowest BCUT2D eigenvalue weighted by molar-refractivity contribution is 1.18. The number of nitrogens with zero attached hydrogens (tertiary/aromatic N) is 4. The molecule has 0 aliphatic heterocycles. The van der Waals surface area contributed by atoms with Gasteiger partial charge in [-0.1, -0.05) is 133 Å². The van der Waals surface area contributed by atoms with Crippen LogP contribution in [0, 0.1) is 0 Å². The minimum atomic E-state index is 0.651. The van der Waals surface area contributed by atoms with Crippen molar-refractivity contribution in [3.63, 3.8) is 0 Å². The summed E-state index contributed by atoms with van der Waals surface area (Å²) < 4.78 is 0. The lowest BCUT2D eigenvalue weighted by Gasteiger charge is -2.14. The van der Waals surface area contributed by atoms with Gasteiger partial charge in [0.2, 0.25) is 0 Å². The van der Waals surface area contributed by atoms with Gasteiger partial charge >= 0.3 is 0 Å². The average Bonchev–Trinajstić information content (AvgIpc) is 3.29. The summed E-state index contributed by atoms with van der Waals surface area (Å²) in [6.07, 6.45) is 3.66. The predicted molar refractivity (Wildman–Crippen MR) is 231 cm³/mol. The van der Waals surface area contributed by atoms with Crippen molar-refractivity contribution in [1.82, 2.24) is 19.9 Å². The molecule has 4 heteroatoms. The van der Waals surface area contributed by atoms with Crippen molar-refractivity contribution in [2.24, 2.45) is 0 Å². The molecule has 56 heavy (non-hydrogen) atoms. The maximum atomic E-state index is 5.34. The van der Waals surface area contributed by atoms with Crippen molar-refractivity contribution < 1.29 is 0 Å². The largest absolute Gasteiger partial charge is 0.256 e. The van der Waals surface area contributed by atoms with E-state index >= 15 is 0 Å². The summed E-state index contributed by atoms with van der Waals surface area (Å²) in [5.74, 6) is 0.651. The summed E-state index contributed by atoms with van der Waals surface area (Å²) in [5, 5.41) is 4.85. The Labute approximate surface area is 325 Å². The molecule has 7 aromatic carbocycles. The van der Waals surface area contributed by atoms with Gasteiger partial charge in [0.05, 0.1) is 22.8 Å². The standard InChI is InChI=1S/C52H34N4/c1-3-21-44-35(13-1)15-11-23-46(44)37-17-9-19-39(29-37)50-34-51(43-32-41(48-25-5-7-27-53-48)31-42(33-43)49-26-6-8-28-54-49)56-52(55-50)40-20-10-18-38(30-40)47-24-12-16-36-14-2-4-22-45(36)47/h1-34H. The Bertz CT molecular complexity index is 2820. The summed E-state index contributed by atoms with van der Waals surface area (Å²) in [6.45, 7) is 0. The third kappa shape index (κ3) is 6.40. The highest BCUT2D eigenvalue weighted by atomic mass is 14.9. The van der Waals surface area contributed by atoms with Crippen LogP contribution in [0.25, 0.3) is 100 Å². The Hall–Kier alpha value is -7.56. The van der Waals surface area contributed by atoms with Gasteiger partial charge in [-0.25, -0.2) is 9.97 Å². The highest BCUT2D eigenvalue weighted by Gasteiger charge is 2.16. The molecule has 0 spiro atoms. The maximum Gasteiger partial charge on any atom is 0.160 e. The molecular weight excluding hydrogens is 681 g/mol. The fourth-order valence-corrected chi connectivity index (χ4v) is 7.64. The molecule has 0 fully saturated rings. The fourth-order valence-electron chi connectivity index (χ4n) is 7.64. The zero-order chi connectivity index (χ0) is 37.3. The highest BCUT2D eigenvalue weighted by molar-refractivity contribution is 5.98. The normalized spacial score (nSPS) is 11.2. The van der Waals surface area contributed by atoms with E-state index in [9.17, 15) is 0 Å². The number of aromatic nitrogens is 4. The number of hydrogen-bond donors (Lipinski definition) is 0. The molecule has 0 saturated heterocycles. The van der Waals surface area contributed by atoms with E-state index in [-0.39, 0.29) is 0 Å². The molecule has 0 unspecified atom stereocenters. The topological polar surface area (TPSA) is 51.6 Å². The van der Waals surface area contributed by atoms with Crippen molar-refractivity contribution in [3.8, 4) is 78.7 Å². The van der Waals surface area contributed by atoms with Crippen LogP contribution in [0.1, 0.15) is 0 Å². The molecule has 10 aromatic rings. The Morgan fingerprint density at radius 1 is 0.268 bits per heavy atom. The minimum absolute atomic E-state index is 0.651. The van der Waals surface area contributed by atoms with Gasteiger partial charge in [-0.15, -0.1) is 0 Å². The van der Waals surface area contributed by atoms with Gasteiger partial charge in [0.1, 0.15) is 0 Å². The Morgan fingerprint density at radius 3 is 1.23 bits per heavy atom. The van der Waals surface area contributed by atoms with Crippen LogP contribution in [0.5, 0.6) is 0 Å². The van der Waals surface area contributed by atoms with E-state index < -0.39 is 0 Å². The number of fused-ring (bicyclic) bond motifs is 2. The lowest BCUT2D eigenvalue weighted by atomic mass is 9.95. The van der Waals surface area contributed by atoms with Crippen LogP contribution in [0.2, 0.25) is 0 Å². The molecule has 0 amide bonds. The quantitative estimate of drug-likeness (QED) is 0.165. The zero-order valence-corrected chi connectivity index (χ0v) is 30.4. The summed E-state index contributed by atoms with van der Waals surface area (Å²) in [6, 6.07) is 67.9. The monoisotopic (exact) mass is 714 g/mol. The summed E-state index contributed by atoms with van der Waals surface area (Å²) in [7, 11) is 0. The van der Waals surface area contributed by atoms with Crippen LogP contribution >= 0.6 is 0 Å². The van der Waals surface area contributed by atoms with Gasteiger partial charge in [0.25, 0.3) is 0 Å². The number of rotatable bonds is 7. The Kier molecular flexibility index (Phi) is 8.47. The highest BCUT2D eigenvalue weighted by Crippen LogP contribution is 2.37. The van der Waals surface area contributed by atoms with E-state index in [1.54, 1.807) is 0 Å². The van der Waals surface area contributed by atoms with E-state index in [0.29, 0.717) is 5.82 Å². The van der Waals surface area contributed by atoms with Crippen LogP contribution in [0.15, 0.2) is 207 Å². The predicted octanol–water partition coefficient (Wildman–Crippen LogP) is 13.2. The van der Waals surface area contributed by atoms with Crippen LogP contribution < -0.4 is 0 Å². The van der Waals surface area contributed by atoms with Gasteiger partial charge in [0, 0.05) is 40.2 Å². The number of benzene rings is 7. The molecular formula is C52H34N4. The van der Waals surface area contributed by atoms with E-state index in [0.717, 1.165) is 61.7 Å². The molecule has 3 aromatic heterocycles.